The number of aryl methyl sites for hydroxylation is 1. The minimum absolute atomic E-state index is 0.224. The van der Waals surface area contributed by atoms with E-state index in [4.69, 9.17) is 13.9 Å². The van der Waals surface area contributed by atoms with Gasteiger partial charge in [0.2, 0.25) is 5.36 Å². The van der Waals surface area contributed by atoms with Crippen molar-refractivity contribution in [2.75, 3.05) is 54.9 Å². The lowest BCUT2D eigenvalue weighted by atomic mass is 9.91. The van der Waals surface area contributed by atoms with Crippen LogP contribution in [0.2, 0.25) is 0 Å². The van der Waals surface area contributed by atoms with Crippen LogP contribution in [-0.4, -0.2) is 51.6 Å². The average Bonchev–Trinajstić information content (AvgIpc) is 3.15. The lowest BCUT2D eigenvalue weighted by molar-refractivity contribution is 0.160. The highest BCUT2D eigenvalue weighted by Crippen LogP contribution is 2.41. The Morgan fingerprint density at radius 3 is 2.02 bits per heavy atom. The molecule has 0 spiro atoms. The summed E-state index contributed by atoms with van der Waals surface area (Å²) in [5.41, 5.74) is 7.51. The third-order valence-corrected chi connectivity index (χ3v) is 8.83. The maximum Gasteiger partial charge on any atom is 0.411 e. The topological polar surface area (TPSA) is 96.0 Å². The first kappa shape index (κ1) is 34.8. The van der Waals surface area contributed by atoms with Gasteiger partial charge in [0.25, 0.3) is 0 Å². The number of amides is 2. The second kappa shape index (κ2) is 16.5. The number of likely N-dealkylation sites (N-methyl/N-ethyl adjacent to an activating group) is 2. The van der Waals surface area contributed by atoms with Gasteiger partial charge in [0.05, 0.1) is 12.6 Å². The predicted octanol–water partition coefficient (Wildman–Crippen LogP) is 8.63. The zero-order chi connectivity index (χ0) is 35.6. The molecule has 4 aromatic rings. The summed E-state index contributed by atoms with van der Waals surface area (Å²) in [6.07, 6.45) is -0.974. The Bertz CT molecular complexity index is 2150. The fraction of sp³-hybridized carbons (Fsp3) is 0.214. The van der Waals surface area contributed by atoms with Crippen LogP contribution < -0.4 is 25.5 Å². The van der Waals surface area contributed by atoms with Crippen LogP contribution >= 0.6 is 0 Å². The van der Waals surface area contributed by atoms with E-state index in [9.17, 15) is 9.59 Å². The molecular weight excluding hydrogens is 640 g/mol. The van der Waals surface area contributed by atoms with Gasteiger partial charge in [-0.3, -0.25) is 10.6 Å². The number of para-hydroxylation sites is 2. The summed E-state index contributed by atoms with van der Waals surface area (Å²) in [5, 5.41) is 7.49. The number of carbonyl (C=O) groups is 2. The quantitative estimate of drug-likeness (QED) is 0.0991. The number of anilines is 3. The third kappa shape index (κ3) is 8.56. The first-order valence-corrected chi connectivity index (χ1v) is 17.3. The van der Waals surface area contributed by atoms with Gasteiger partial charge >= 0.3 is 12.2 Å². The fourth-order valence-corrected chi connectivity index (χ4v) is 6.19. The molecule has 0 aromatic heterocycles. The van der Waals surface area contributed by atoms with Gasteiger partial charge in [-0.1, -0.05) is 60.7 Å². The Hall–Kier alpha value is -6.09. The summed E-state index contributed by atoms with van der Waals surface area (Å²) in [6.45, 7) is 9.19. The van der Waals surface area contributed by atoms with E-state index in [1.54, 1.807) is 0 Å². The third-order valence-electron chi connectivity index (χ3n) is 8.83. The van der Waals surface area contributed by atoms with Gasteiger partial charge in [0.1, 0.15) is 24.5 Å². The minimum atomic E-state index is -0.487. The van der Waals surface area contributed by atoms with Crippen molar-refractivity contribution in [1.29, 1.82) is 0 Å². The summed E-state index contributed by atoms with van der Waals surface area (Å²) in [7, 11) is 0. The molecule has 1 aliphatic carbocycles. The molecule has 0 fully saturated rings. The monoisotopic (exact) mass is 683 g/mol. The van der Waals surface area contributed by atoms with Crippen molar-refractivity contribution in [3.63, 3.8) is 0 Å². The highest BCUT2D eigenvalue weighted by molar-refractivity contribution is 6.03. The van der Waals surface area contributed by atoms with Gasteiger partial charge in [-0.2, -0.15) is 0 Å². The van der Waals surface area contributed by atoms with Crippen LogP contribution in [0.25, 0.3) is 33.4 Å². The van der Waals surface area contributed by atoms with Crippen molar-refractivity contribution in [2.24, 2.45) is 0 Å². The van der Waals surface area contributed by atoms with Crippen molar-refractivity contribution in [3.05, 3.63) is 132 Å². The molecule has 4 aromatic carbocycles. The van der Waals surface area contributed by atoms with Gasteiger partial charge < -0.3 is 18.8 Å². The Morgan fingerprint density at radius 1 is 0.725 bits per heavy atom. The summed E-state index contributed by atoms with van der Waals surface area (Å²) < 4.78 is 19.8. The smallest absolute Gasteiger partial charge is 0.411 e. The molecule has 0 saturated heterocycles. The van der Waals surface area contributed by atoms with Crippen molar-refractivity contribution >= 4 is 40.2 Å². The number of carbonyl (C=O) groups excluding carboxylic acids is 2. The number of hydrogen-bond donors (Lipinski definition) is 2. The van der Waals surface area contributed by atoms with Crippen LogP contribution in [0.4, 0.5) is 26.7 Å². The Balaban J connectivity index is 1.28. The standard InChI is InChI=1S/C42H42N4O5/c1-4-45(24-26-49-41(47)43-31-15-8-6-9-16-31)33-20-22-36-38(28-33)51-39-29-34(21-23-37(39)40(36)35-19-13-12-14-30(35)3)46(5-2)25-27-50-42(48)44-32-17-10-7-11-18-32/h6-23,28-29H,4-5,24-27H2,1-3H3,(H-,43,44,47,48)/p+1. The molecule has 0 atom stereocenters. The molecule has 51 heavy (non-hydrogen) atoms. The Kier molecular flexibility index (Phi) is 11.3. The van der Waals surface area contributed by atoms with E-state index < -0.39 is 12.2 Å². The molecule has 9 nitrogen and oxygen atoms in total. The van der Waals surface area contributed by atoms with Crippen molar-refractivity contribution in [1.82, 2.24) is 4.58 Å². The maximum absolute atomic E-state index is 12.4. The molecule has 0 unspecified atom stereocenters. The number of hydrogen-bond acceptors (Lipinski definition) is 6. The first-order chi connectivity index (χ1) is 24.9. The summed E-state index contributed by atoms with van der Waals surface area (Å²) in [6, 6.07) is 39.4. The van der Waals surface area contributed by atoms with E-state index in [1.807, 2.05) is 60.7 Å². The van der Waals surface area contributed by atoms with E-state index >= 15 is 0 Å². The Morgan fingerprint density at radius 2 is 1.37 bits per heavy atom. The SMILES string of the molecule is CCN(CCOC(=O)Nc1ccccc1)c1ccc2c(-c3ccccc3C)c3ccc(=[N+](CC)CCOC(=O)Nc4ccccc4)cc-3oc2c1. The van der Waals surface area contributed by atoms with Gasteiger partial charge in [0.15, 0.2) is 13.2 Å². The average molecular weight is 684 g/mol. The number of benzene rings is 5. The number of ether oxygens (including phenoxy) is 2. The van der Waals surface area contributed by atoms with Crippen LogP contribution in [0.1, 0.15) is 19.4 Å². The molecule has 1 aliphatic heterocycles. The van der Waals surface area contributed by atoms with E-state index in [-0.39, 0.29) is 13.2 Å². The molecule has 2 amide bonds. The molecule has 1 heterocycles. The Labute approximate surface area is 298 Å². The number of nitrogens with zero attached hydrogens (tertiary/aromatic N) is 2. The predicted molar refractivity (Wildman–Crippen MR) is 204 cm³/mol. The molecule has 260 valence electrons. The van der Waals surface area contributed by atoms with Gasteiger partial charge in [-0.15, -0.1) is 0 Å². The van der Waals surface area contributed by atoms with E-state index in [0.29, 0.717) is 37.6 Å². The largest absolute Gasteiger partial charge is 0.456 e. The minimum Gasteiger partial charge on any atom is -0.456 e. The first-order valence-electron chi connectivity index (χ1n) is 17.3. The van der Waals surface area contributed by atoms with Crippen LogP contribution in [0.5, 0.6) is 0 Å². The second-order valence-corrected chi connectivity index (χ2v) is 12.1. The molecular formula is C42H43N4O5+. The van der Waals surface area contributed by atoms with E-state index in [0.717, 1.165) is 44.5 Å². The van der Waals surface area contributed by atoms with Crippen molar-refractivity contribution in [3.8, 4) is 22.5 Å². The number of fused-ring (bicyclic) bond motifs is 2. The summed E-state index contributed by atoms with van der Waals surface area (Å²) >= 11 is 0. The lowest BCUT2D eigenvalue weighted by Crippen LogP contribution is -2.33. The molecule has 0 saturated carbocycles. The van der Waals surface area contributed by atoms with Crippen molar-refractivity contribution < 1.29 is 23.5 Å². The maximum atomic E-state index is 12.4. The second-order valence-electron chi connectivity index (χ2n) is 12.1. The lowest BCUT2D eigenvalue weighted by Gasteiger charge is -2.24. The van der Waals surface area contributed by atoms with Gasteiger partial charge in [-0.05, 0) is 74.4 Å². The molecule has 6 rings (SSSR count). The molecule has 9 heteroatoms. The summed E-state index contributed by atoms with van der Waals surface area (Å²) in [5.74, 6) is 0.751. The highest BCUT2D eigenvalue weighted by atomic mass is 16.6. The van der Waals surface area contributed by atoms with Crippen LogP contribution in [0, 0.1) is 6.92 Å². The van der Waals surface area contributed by atoms with Crippen LogP contribution in [-0.2, 0) is 9.47 Å². The van der Waals surface area contributed by atoms with Crippen molar-refractivity contribution in [2.45, 2.75) is 20.8 Å². The van der Waals surface area contributed by atoms with E-state index in [2.05, 4.69) is 102 Å². The van der Waals surface area contributed by atoms with E-state index in [1.165, 1.54) is 5.56 Å². The normalized spacial score (nSPS) is 11.6. The molecule has 0 bridgehead atoms. The molecule has 2 N–H and O–H groups in total. The zero-order valence-corrected chi connectivity index (χ0v) is 29.2. The number of rotatable bonds is 12. The highest BCUT2D eigenvalue weighted by Gasteiger charge is 2.21. The molecule has 2 aliphatic rings. The summed E-state index contributed by atoms with van der Waals surface area (Å²) in [4.78, 5) is 26.9. The van der Waals surface area contributed by atoms with Crippen LogP contribution in [0.3, 0.4) is 0 Å². The number of nitrogens with one attached hydrogen (secondary N) is 2. The van der Waals surface area contributed by atoms with Gasteiger partial charge in [-0.25, -0.2) is 14.2 Å². The zero-order valence-electron chi connectivity index (χ0n) is 29.2. The molecule has 0 radical (unpaired) electrons. The van der Waals surface area contributed by atoms with Gasteiger partial charge in [0, 0.05) is 52.3 Å². The fourth-order valence-electron chi connectivity index (χ4n) is 6.19. The van der Waals surface area contributed by atoms with Crippen LogP contribution in [0.15, 0.2) is 126 Å².